The fourth-order valence-corrected chi connectivity index (χ4v) is 4.03. The molecule has 3 aromatic rings. The van der Waals surface area contributed by atoms with Crippen molar-refractivity contribution in [2.75, 3.05) is 16.3 Å². The second-order valence-electron chi connectivity index (χ2n) is 7.75. The third-order valence-electron chi connectivity index (χ3n) is 5.64. The third-order valence-corrected chi connectivity index (χ3v) is 5.64. The largest absolute Gasteiger partial charge is 0.354 e. The lowest BCUT2D eigenvalue weighted by molar-refractivity contribution is 0.0996. The zero-order valence-electron chi connectivity index (χ0n) is 18.4. The van der Waals surface area contributed by atoms with Gasteiger partial charge in [-0.1, -0.05) is 6.07 Å². The number of hydrogen-bond donors (Lipinski definition) is 1. The van der Waals surface area contributed by atoms with Gasteiger partial charge in [-0.2, -0.15) is 0 Å². The van der Waals surface area contributed by atoms with Gasteiger partial charge in [0.1, 0.15) is 23.7 Å². The molecule has 9 heteroatoms. The van der Waals surface area contributed by atoms with Crippen LogP contribution in [0.2, 0.25) is 0 Å². The number of nitrogens with two attached hydrogens (primary N) is 1. The van der Waals surface area contributed by atoms with Crippen LogP contribution in [0.25, 0.3) is 11.5 Å². The van der Waals surface area contributed by atoms with Crippen molar-refractivity contribution < 1.29 is 4.79 Å². The summed E-state index contributed by atoms with van der Waals surface area (Å²) in [6, 6.07) is 7.75. The number of rotatable bonds is 7. The van der Waals surface area contributed by atoms with Crippen LogP contribution in [0.15, 0.2) is 30.6 Å². The molecule has 1 aliphatic heterocycles. The summed E-state index contributed by atoms with van der Waals surface area (Å²) >= 11 is 0. The Morgan fingerprint density at radius 2 is 2.03 bits per heavy atom. The van der Waals surface area contributed by atoms with Gasteiger partial charge < -0.3 is 15.2 Å². The molecule has 4 heterocycles. The van der Waals surface area contributed by atoms with Crippen LogP contribution in [0.4, 0.5) is 11.6 Å². The van der Waals surface area contributed by atoms with Crippen LogP contribution in [0.3, 0.4) is 0 Å². The average molecular weight is 421 g/mol. The molecule has 0 spiro atoms. The smallest absolute Gasteiger partial charge is 0.260 e. The summed E-state index contributed by atoms with van der Waals surface area (Å²) in [7, 11) is 0. The van der Waals surface area contributed by atoms with E-state index in [0.29, 0.717) is 29.4 Å². The van der Waals surface area contributed by atoms with Crippen LogP contribution < -0.4 is 15.5 Å². The lowest BCUT2D eigenvalue weighted by Crippen LogP contribution is -2.31. The molecule has 0 radical (unpaired) electrons. The predicted molar refractivity (Wildman–Crippen MR) is 120 cm³/mol. The van der Waals surface area contributed by atoms with Crippen molar-refractivity contribution in [3.63, 3.8) is 0 Å². The number of anilines is 2. The maximum Gasteiger partial charge on any atom is 0.260 e. The highest BCUT2D eigenvalue weighted by atomic mass is 16.2. The summed E-state index contributed by atoms with van der Waals surface area (Å²) < 4.78 is 1.92. The molecule has 3 aromatic heterocycles. The molecule has 0 aliphatic carbocycles. The topological polar surface area (TPSA) is 106 Å². The Balaban J connectivity index is 1.72. The van der Waals surface area contributed by atoms with Gasteiger partial charge in [0, 0.05) is 31.2 Å². The van der Waals surface area contributed by atoms with E-state index >= 15 is 0 Å². The predicted octanol–water partition coefficient (Wildman–Crippen LogP) is 2.61. The monoisotopic (exact) mass is 420 g/mol. The number of pyridine rings is 2. The first-order valence-electron chi connectivity index (χ1n) is 10.6. The lowest BCUT2D eigenvalue weighted by Gasteiger charge is -2.27. The van der Waals surface area contributed by atoms with Gasteiger partial charge in [-0.3, -0.25) is 9.69 Å². The first-order chi connectivity index (χ1) is 15.0. The number of aromatic nitrogens is 5. The van der Waals surface area contributed by atoms with E-state index in [9.17, 15) is 4.79 Å². The van der Waals surface area contributed by atoms with Crippen LogP contribution in [-0.4, -0.2) is 43.2 Å². The first-order valence-corrected chi connectivity index (χ1v) is 10.6. The molecule has 0 unspecified atom stereocenters. The number of nitrogens with zero attached hydrogens (tertiary/aromatic N) is 7. The van der Waals surface area contributed by atoms with Gasteiger partial charge in [0.2, 0.25) is 0 Å². The summed E-state index contributed by atoms with van der Waals surface area (Å²) in [4.78, 5) is 26.7. The lowest BCUT2D eigenvalue weighted by atomic mass is 10.1. The van der Waals surface area contributed by atoms with Crippen LogP contribution >= 0.6 is 0 Å². The van der Waals surface area contributed by atoms with E-state index in [1.807, 2.05) is 35.8 Å². The van der Waals surface area contributed by atoms with Crippen LogP contribution in [0.1, 0.15) is 49.3 Å². The SMILES string of the molecule is CCN(c1cc2c(c(CN)n1)CN(c1cccc(-c3nncn3CC)n1)C2=O)C(C)C. The highest BCUT2D eigenvalue weighted by Gasteiger charge is 2.33. The fourth-order valence-electron chi connectivity index (χ4n) is 4.03. The van der Waals surface area contributed by atoms with Crippen LogP contribution in [0.5, 0.6) is 0 Å². The highest BCUT2D eigenvalue weighted by Crippen LogP contribution is 2.32. The van der Waals surface area contributed by atoms with E-state index in [1.165, 1.54) is 0 Å². The summed E-state index contributed by atoms with van der Waals surface area (Å²) in [6.45, 7) is 10.5. The van der Waals surface area contributed by atoms with Gasteiger partial charge in [-0.05, 0) is 45.9 Å². The molecule has 31 heavy (non-hydrogen) atoms. The van der Waals surface area contributed by atoms with Gasteiger partial charge in [0.05, 0.1) is 17.8 Å². The maximum absolute atomic E-state index is 13.4. The number of carbonyl (C=O) groups excluding carboxylic acids is 1. The average Bonchev–Trinajstić information content (AvgIpc) is 3.38. The molecule has 0 fully saturated rings. The van der Waals surface area contributed by atoms with E-state index in [4.69, 9.17) is 15.7 Å². The summed E-state index contributed by atoms with van der Waals surface area (Å²) in [5.74, 6) is 1.94. The molecule has 4 rings (SSSR count). The molecule has 0 bridgehead atoms. The number of aryl methyl sites for hydroxylation is 1. The van der Waals surface area contributed by atoms with Crippen molar-refractivity contribution in [3.05, 3.63) is 47.4 Å². The van der Waals surface area contributed by atoms with E-state index < -0.39 is 0 Å². The van der Waals surface area contributed by atoms with Crippen molar-refractivity contribution in [2.45, 2.75) is 53.4 Å². The van der Waals surface area contributed by atoms with Crippen molar-refractivity contribution in [2.24, 2.45) is 5.73 Å². The van der Waals surface area contributed by atoms with E-state index in [2.05, 4.69) is 35.9 Å². The van der Waals surface area contributed by atoms with Crippen molar-refractivity contribution in [1.29, 1.82) is 0 Å². The number of carbonyl (C=O) groups is 1. The molecule has 162 valence electrons. The molecule has 0 saturated carbocycles. The second-order valence-corrected chi connectivity index (χ2v) is 7.75. The Bertz CT molecular complexity index is 1110. The molecule has 9 nitrogen and oxygen atoms in total. The zero-order chi connectivity index (χ0) is 22.1. The van der Waals surface area contributed by atoms with E-state index in [1.54, 1.807) is 11.2 Å². The van der Waals surface area contributed by atoms with Gasteiger partial charge in [-0.15, -0.1) is 10.2 Å². The number of fused-ring (bicyclic) bond motifs is 1. The van der Waals surface area contributed by atoms with Gasteiger partial charge in [0.15, 0.2) is 5.82 Å². The molecule has 0 aromatic carbocycles. The molecule has 0 atom stereocenters. The third kappa shape index (κ3) is 3.65. The molecule has 1 aliphatic rings. The maximum atomic E-state index is 13.4. The van der Waals surface area contributed by atoms with E-state index in [-0.39, 0.29) is 18.5 Å². The standard InChI is InChI=1S/C22H28N8O/c1-5-28-13-24-27-21(28)17-8-7-9-19(25-17)30-12-16-15(22(30)31)10-20(26-18(16)11-23)29(6-2)14(3)4/h7-10,13-14H,5-6,11-12,23H2,1-4H3. The summed E-state index contributed by atoms with van der Waals surface area (Å²) in [6.07, 6.45) is 1.68. The Morgan fingerprint density at radius 1 is 1.23 bits per heavy atom. The molecule has 1 amide bonds. The Kier molecular flexibility index (Phi) is 5.69. The normalized spacial score (nSPS) is 13.2. The fraction of sp³-hybridized carbons (Fsp3) is 0.409. The van der Waals surface area contributed by atoms with E-state index in [0.717, 1.165) is 30.2 Å². The van der Waals surface area contributed by atoms with Gasteiger partial charge >= 0.3 is 0 Å². The summed E-state index contributed by atoms with van der Waals surface area (Å²) in [5, 5.41) is 8.16. The highest BCUT2D eigenvalue weighted by molar-refractivity contribution is 6.10. The summed E-state index contributed by atoms with van der Waals surface area (Å²) in [5.41, 5.74) is 8.97. The van der Waals surface area contributed by atoms with Gasteiger partial charge in [0.25, 0.3) is 5.91 Å². The Hall–Kier alpha value is -3.33. The van der Waals surface area contributed by atoms with Gasteiger partial charge in [-0.25, -0.2) is 9.97 Å². The number of amides is 1. The minimum absolute atomic E-state index is 0.0882. The van der Waals surface area contributed by atoms with Crippen LogP contribution in [0, 0.1) is 0 Å². The van der Waals surface area contributed by atoms with Crippen molar-refractivity contribution in [3.8, 4) is 11.5 Å². The Labute approximate surface area is 181 Å². The molecular weight excluding hydrogens is 392 g/mol. The molecule has 0 saturated heterocycles. The second kappa shape index (κ2) is 8.43. The minimum Gasteiger partial charge on any atom is -0.354 e. The molecular formula is C22H28N8O. The quantitative estimate of drug-likeness (QED) is 0.626. The zero-order valence-corrected chi connectivity index (χ0v) is 18.4. The number of hydrogen-bond acceptors (Lipinski definition) is 7. The van der Waals surface area contributed by atoms with Crippen molar-refractivity contribution >= 4 is 17.5 Å². The molecule has 2 N–H and O–H groups in total. The Morgan fingerprint density at radius 3 is 2.71 bits per heavy atom. The minimum atomic E-state index is -0.0882. The van der Waals surface area contributed by atoms with Crippen molar-refractivity contribution in [1.82, 2.24) is 24.7 Å². The first kappa shape index (κ1) is 20.9. The van der Waals surface area contributed by atoms with Crippen LogP contribution in [-0.2, 0) is 19.6 Å².